The van der Waals surface area contributed by atoms with Crippen molar-refractivity contribution in [2.45, 2.75) is 25.5 Å². The molecule has 1 aliphatic rings. The van der Waals surface area contributed by atoms with E-state index in [0.717, 1.165) is 22.6 Å². The summed E-state index contributed by atoms with van der Waals surface area (Å²) in [6.07, 6.45) is 1.82. The summed E-state index contributed by atoms with van der Waals surface area (Å²) in [4.78, 5) is 17.3. The van der Waals surface area contributed by atoms with Gasteiger partial charge in [-0.25, -0.2) is 0 Å². The molecule has 0 saturated carbocycles. The number of carbonyl (C=O) groups is 1. The van der Waals surface area contributed by atoms with Gasteiger partial charge in [-0.1, -0.05) is 54.1 Å². The molecule has 1 amide bonds. The van der Waals surface area contributed by atoms with Crippen molar-refractivity contribution in [2.75, 3.05) is 0 Å². The molecule has 130 valence electrons. The van der Waals surface area contributed by atoms with Crippen molar-refractivity contribution >= 4 is 5.91 Å². The fourth-order valence-corrected chi connectivity index (χ4v) is 3.20. The zero-order valence-corrected chi connectivity index (χ0v) is 14.6. The van der Waals surface area contributed by atoms with Crippen molar-refractivity contribution in [3.63, 3.8) is 0 Å². The molecule has 2 heterocycles. The number of ether oxygens (including phenoxy) is 1. The van der Waals surface area contributed by atoms with E-state index < -0.39 is 6.10 Å². The number of hydrogen-bond donors (Lipinski definition) is 1. The van der Waals surface area contributed by atoms with Crippen LogP contribution in [0.2, 0.25) is 0 Å². The number of hydrogen-bond acceptors (Lipinski definition) is 3. The topological polar surface area (TPSA) is 51.2 Å². The first-order valence-electron chi connectivity index (χ1n) is 8.73. The summed E-state index contributed by atoms with van der Waals surface area (Å²) in [5, 5.41) is 3.12. The molecule has 3 aromatic rings. The van der Waals surface area contributed by atoms with Gasteiger partial charge >= 0.3 is 0 Å². The lowest BCUT2D eigenvalue weighted by molar-refractivity contribution is -0.127. The highest BCUT2D eigenvalue weighted by molar-refractivity contribution is 5.83. The minimum atomic E-state index is -0.510. The first kappa shape index (κ1) is 16.3. The first-order valence-corrected chi connectivity index (χ1v) is 8.73. The van der Waals surface area contributed by atoms with Crippen LogP contribution in [0, 0.1) is 6.92 Å². The molecule has 0 fully saturated rings. The Morgan fingerprint density at radius 2 is 1.85 bits per heavy atom. The van der Waals surface area contributed by atoms with Gasteiger partial charge in [0.05, 0.1) is 11.7 Å². The Balaban J connectivity index is 1.57. The molecular weight excluding hydrogens is 324 g/mol. The van der Waals surface area contributed by atoms with Gasteiger partial charge in [0, 0.05) is 12.6 Å². The van der Waals surface area contributed by atoms with Crippen molar-refractivity contribution in [3.05, 3.63) is 95.3 Å². The minimum Gasteiger partial charge on any atom is -0.480 e. The molecule has 1 aliphatic heterocycles. The highest BCUT2D eigenvalue weighted by atomic mass is 16.5. The zero-order valence-electron chi connectivity index (χ0n) is 14.6. The Kier molecular flexibility index (Phi) is 4.40. The molecule has 0 spiro atoms. The molecule has 26 heavy (non-hydrogen) atoms. The highest BCUT2D eigenvalue weighted by Crippen LogP contribution is 2.29. The van der Waals surface area contributed by atoms with Crippen molar-refractivity contribution < 1.29 is 9.53 Å². The van der Waals surface area contributed by atoms with Gasteiger partial charge in [0.15, 0.2) is 6.10 Å². The molecule has 2 atom stereocenters. The van der Waals surface area contributed by atoms with Gasteiger partial charge < -0.3 is 10.1 Å². The van der Waals surface area contributed by atoms with Crippen LogP contribution >= 0.6 is 0 Å². The summed E-state index contributed by atoms with van der Waals surface area (Å²) >= 11 is 0. The molecule has 4 nitrogen and oxygen atoms in total. The third-order valence-electron chi connectivity index (χ3n) is 4.62. The summed E-state index contributed by atoms with van der Waals surface area (Å²) in [5.74, 6) is 0.662. The van der Waals surface area contributed by atoms with Crippen molar-refractivity contribution in [2.24, 2.45) is 0 Å². The van der Waals surface area contributed by atoms with E-state index >= 15 is 0 Å². The number of carbonyl (C=O) groups excluding carboxylic acids is 1. The largest absolute Gasteiger partial charge is 0.480 e. The lowest BCUT2D eigenvalue weighted by atomic mass is 10.0. The number of pyridine rings is 1. The molecule has 0 bridgehead atoms. The molecular formula is C22H20N2O2. The van der Waals surface area contributed by atoms with Crippen molar-refractivity contribution in [1.82, 2.24) is 10.3 Å². The van der Waals surface area contributed by atoms with Gasteiger partial charge in [-0.2, -0.15) is 0 Å². The summed E-state index contributed by atoms with van der Waals surface area (Å²) < 4.78 is 5.83. The maximum Gasteiger partial charge on any atom is 0.262 e. The van der Waals surface area contributed by atoms with Crippen LogP contribution in [-0.4, -0.2) is 17.0 Å². The smallest absolute Gasteiger partial charge is 0.262 e. The second-order valence-corrected chi connectivity index (χ2v) is 6.53. The first-order chi connectivity index (χ1) is 12.7. The van der Waals surface area contributed by atoms with Gasteiger partial charge in [-0.05, 0) is 36.2 Å². The van der Waals surface area contributed by atoms with Crippen LogP contribution in [0.4, 0.5) is 0 Å². The molecule has 0 saturated heterocycles. The molecule has 1 N–H and O–H groups in total. The third-order valence-corrected chi connectivity index (χ3v) is 4.62. The Labute approximate surface area is 152 Å². The van der Waals surface area contributed by atoms with E-state index in [-0.39, 0.29) is 11.9 Å². The monoisotopic (exact) mass is 344 g/mol. The molecule has 4 heteroatoms. The number of para-hydroxylation sites is 1. The molecule has 1 aromatic heterocycles. The summed E-state index contributed by atoms with van der Waals surface area (Å²) in [7, 11) is 0. The van der Waals surface area contributed by atoms with E-state index in [0.29, 0.717) is 6.42 Å². The number of nitrogens with one attached hydrogen (secondary N) is 1. The van der Waals surface area contributed by atoms with E-state index in [9.17, 15) is 4.79 Å². The number of benzene rings is 2. The van der Waals surface area contributed by atoms with E-state index in [1.807, 2.05) is 73.7 Å². The number of aryl methyl sites for hydroxylation is 1. The Morgan fingerprint density at radius 1 is 1.08 bits per heavy atom. The lowest BCUT2D eigenvalue weighted by Crippen LogP contribution is -2.40. The van der Waals surface area contributed by atoms with Crippen molar-refractivity contribution in [1.29, 1.82) is 0 Å². The van der Waals surface area contributed by atoms with Crippen LogP contribution in [0.15, 0.2) is 72.9 Å². The lowest BCUT2D eigenvalue weighted by Gasteiger charge is -2.21. The van der Waals surface area contributed by atoms with E-state index in [2.05, 4.69) is 10.3 Å². The predicted octanol–water partition coefficient (Wildman–Crippen LogP) is 3.60. The third kappa shape index (κ3) is 3.31. The summed E-state index contributed by atoms with van der Waals surface area (Å²) in [6, 6.07) is 21.3. The van der Waals surface area contributed by atoms with E-state index in [4.69, 9.17) is 4.74 Å². The molecule has 0 aliphatic carbocycles. The van der Waals surface area contributed by atoms with Gasteiger partial charge in [-0.15, -0.1) is 0 Å². The average molecular weight is 344 g/mol. The predicted molar refractivity (Wildman–Crippen MR) is 100.0 cm³/mol. The number of amides is 1. The Hall–Kier alpha value is -3.14. The fourth-order valence-electron chi connectivity index (χ4n) is 3.20. The maximum atomic E-state index is 12.9. The van der Waals surface area contributed by atoms with Gasteiger partial charge in [0.1, 0.15) is 5.75 Å². The van der Waals surface area contributed by atoms with Gasteiger partial charge in [0.2, 0.25) is 0 Å². The van der Waals surface area contributed by atoms with Crippen LogP contribution < -0.4 is 10.1 Å². The highest BCUT2D eigenvalue weighted by Gasteiger charge is 2.31. The van der Waals surface area contributed by atoms with Gasteiger partial charge in [-0.3, -0.25) is 9.78 Å². The Bertz CT molecular complexity index is 882. The van der Waals surface area contributed by atoms with Crippen LogP contribution in [0.1, 0.15) is 28.4 Å². The maximum absolute atomic E-state index is 12.9. The van der Waals surface area contributed by atoms with Crippen molar-refractivity contribution in [3.8, 4) is 5.75 Å². The van der Waals surface area contributed by atoms with Crippen LogP contribution in [0.3, 0.4) is 0 Å². The van der Waals surface area contributed by atoms with Crippen LogP contribution in [0.25, 0.3) is 0 Å². The number of rotatable bonds is 4. The van der Waals surface area contributed by atoms with E-state index in [1.54, 1.807) is 6.20 Å². The fraction of sp³-hybridized carbons (Fsp3) is 0.182. The quantitative estimate of drug-likeness (QED) is 0.787. The molecule has 4 rings (SSSR count). The normalized spacial score (nSPS) is 16.4. The second kappa shape index (κ2) is 7.00. The molecule has 0 unspecified atom stereocenters. The van der Waals surface area contributed by atoms with Crippen LogP contribution in [-0.2, 0) is 11.2 Å². The van der Waals surface area contributed by atoms with Gasteiger partial charge in [0.25, 0.3) is 5.91 Å². The van der Waals surface area contributed by atoms with E-state index in [1.165, 1.54) is 5.56 Å². The zero-order chi connectivity index (χ0) is 17.9. The standard InChI is InChI=1S/C22H20N2O2/c1-15-9-11-16(12-10-15)21(18-7-4-5-13-23-18)24-22(25)20-14-17-6-2-3-8-19(17)26-20/h2-13,20-21H,14H2,1H3,(H,24,25)/t20-,21-/m0/s1. The SMILES string of the molecule is Cc1ccc([C@H](NC(=O)[C@@H]2Cc3ccccc3O2)c2ccccn2)cc1. The summed E-state index contributed by atoms with van der Waals surface area (Å²) in [6.45, 7) is 2.04. The van der Waals surface area contributed by atoms with Crippen LogP contribution in [0.5, 0.6) is 5.75 Å². The average Bonchev–Trinajstić information content (AvgIpc) is 3.12. The minimum absolute atomic E-state index is 0.127. The second-order valence-electron chi connectivity index (χ2n) is 6.53. The Morgan fingerprint density at radius 3 is 2.58 bits per heavy atom. The number of nitrogens with zero attached hydrogens (tertiary/aromatic N) is 1. The summed E-state index contributed by atoms with van der Waals surface area (Å²) in [5.41, 5.74) is 4.05. The number of fused-ring (bicyclic) bond motifs is 1. The molecule has 2 aromatic carbocycles. The molecule has 0 radical (unpaired) electrons. The number of aromatic nitrogens is 1.